The molecule has 1 saturated heterocycles. The van der Waals surface area contributed by atoms with Crippen LogP contribution in [0, 0.1) is 0 Å². The molecule has 28 heavy (non-hydrogen) atoms. The lowest BCUT2D eigenvalue weighted by atomic mass is 10.2. The maximum atomic E-state index is 12.7. The van der Waals surface area contributed by atoms with E-state index in [1.54, 1.807) is 16.7 Å². The third-order valence-electron chi connectivity index (χ3n) is 5.22. The van der Waals surface area contributed by atoms with Crippen LogP contribution in [0.5, 0.6) is 0 Å². The number of carbonyl (C=O) groups excluding carboxylic acids is 1. The molecule has 9 heteroatoms. The Kier molecular flexibility index (Phi) is 5.50. The van der Waals surface area contributed by atoms with Gasteiger partial charge in [-0.25, -0.2) is 13.2 Å². The predicted octanol–water partition coefficient (Wildman–Crippen LogP) is 2.83. The Labute approximate surface area is 175 Å². The lowest BCUT2D eigenvalue weighted by Crippen LogP contribution is -2.31. The van der Waals surface area contributed by atoms with Gasteiger partial charge in [0.05, 0.1) is 23.3 Å². The minimum atomic E-state index is -3.08. The van der Waals surface area contributed by atoms with Gasteiger partial charge in [-0.1, -0.05) is 39.8 Å². The van der Waals surface area contributed by atoms with Gasteiger partial charge in [-0.2, -0.15) is 4.98 Å². The average Bonchev–Trinajstić information content (AvgIpc) is 3.26. The summed E-state index contributed by atoms with van der Waals surface area (Å²) in [7, 11) is -3.08. The first kappa shape index (κ1) is 19.8. The number of benzene rings is 1. The summed E-state index contributed by atoms with van der Waals surface area (Å²) < 4.78 is 26.2. The second-order valence-electron chi connectivity index (χ2n) is 7.12. The molecule has 1 aliphatic heterocycles. The number of Topliss-reactive ketones (excluding diaryl/α,β-unsaturated/α-hetero) is 1. The smallest absolute Gasteiger partial charge is 0.293 e. The first-order valence-corrected chi connectivity index (χ1v) is 12.7. The molecule has 0 spiro atoms. The number of sulfone groups is 1. The van der Waals surface area contributed by atoms with Crippen molar-refractivity contribution in [2.45, 2.75) is 36.8 Å². The molecule has 0 radical (unpaired) electrons. The van der Waals surface area contributed by atoms with E-state index >= 15 is 0 Å². The van der Waals surface area contributed by atoms with E-state index in [9.17, 15) is 18.0 Å². The number of halogens is 1. The maximum Gasteiger partial charge on any atom is 0.349 e. The molecular weight excluding hydrogens is 464 g/mol. The summed E-state index contributed by atoms with van der Waals surface area (Å²) in [5.41, 5.74) is 2.12. The lowest BCUT2D eigenvalue weighted by Gasteiger charge is -2.18. The number of hydrogen-bond acceptors (Lipinski definition) is 6. The summed E-state index contributed by atoms with van der Waals surface area (Å²) in [6, 6.07) is 6.86. The SMILES string of the molecule is O=C(CSc1nc(=O)n([C@@H]2CCS(=O)(=O)C2)c2c1CCC2)c1ccc(Br)cc1. The van der Waals surface area contributed by atoms with E-state index in [-0.39, 0.29) is 29.1 Å². The van der Waals surface area contributed by atoms with E-state index in [1.807, 2.05) is 12.1 Å². The zero-order valence-electron chi connectivity index (χ0n) is 15.1. The molecule has 0 bridgehead atoms. The zero-order valence-corrected chi connectivity index (χ0v) is 18.3. The lowest BCUT2D eigenvalue weighted by molar-refractivity contribution is 0.102. The van der Waals surface area contributed by atoms with E-state index in [4.69, 9.17) is 0 Å². The number of ketones is 1. The van der Waals surface area contributed by atoms with Crippen LogP contribution < -0.4 is 5.69 Å². The fourth-order valence-electron chi connectivity index (χ4n) is 3.88. The van der Waals surface area contributed by atoms with Gasteiger partial charge in [0, 0.05) is 21.3 Å². The standard InChI is InChI=1S/C19H19BrN2O4S2/c20-13-6-4-12(5-7-13)17(23)10-27-18-15-2-1-3-16(15)22(19(24)21-18)14-8-9-28(25,26)11-14/h4-7,14H,1-3,8-11H2/t14-/m1/s1. The number of fused-ring (bicyclic) bond motifs is 1. The Morgan fingerprint density at radius 3 is 2.68 bits per heavy atom. The number of nitrogens with zero attached hydrogens (tertiary/aromatic N) is 2. The first-order chi connectivity index (χ1) is 13.3. The van der Waals surface area contributed by atoms with Crippen molar-refractivity contribution in [2.75, 3.05) is 17.3 Å². The van der Waals surface area contributed by atoms with Gasteiger partial charge in [0.25, 0.3) is 0 Å². The molecule has 2 aromatic rings. The van der Waals surface area contributed by atoms with Gasteiger partial charge in [0.15, 0.2) is 15.6 Å². The van der Waals surface area contributed by atoms with Gasteiger partial charge in [0.2, 0.25) is 0 Å². The van der Waals surface area contributed by atoms with E-state index < -0.39 is 15.5 Å². The van der Waals surface area contributed by atoms with Crippen molar-refractivity contribution < 1.29 is 13.2 Å². The molecule has 1 aromatic heterocycles. The van der Waals surface area contributed by atoms with E-state index in [0.717, 1.165) is 35.0 Å². The number of thioether (sulfide) groups is 1. The number of aromatic nitrogens is 2. The highest BCUT2D eigenvalue weighted by molar-refractivity contribution is 9.10. The van der Waals surface area contributed by atoms with Gasteiger partial charge >= 0.3 is 5.69 Å². The van der Waals surface area contributed by atoms with Crippen LogP contribution in [0.3, 0.4) is 0 Å². The average molecular weight is 483 g/mol. The Morgan fingerprint density at radius 2 is 2.00 bits per heavy atom. The number of hydrogen-bond donors (Lipinski definition) is 0. The summed E-state index contributed by atoms with van der Waals surface area (Å²) in [6.07, 6.45) is 2.92. The van der Waals surface area contributed by atoms with E-state index in [2.05, 4.69) is 20.9 Å². The highest BCUT2D eigenvalue weighted by Gasteiger charge is 2.33. The summed E-state index contributed by atoms with van der Waals surface area (Å²) >= 11 is 4.65. The molecule has 1 aromatic carbocycles. The van der Waals surface area contributed by atoms with Crippen molar-refractivity contribution in [1.29, 1.82) is 0 Å². The van der Waals surface area contributed by atoms with Crippen molar-refractivity contribution in [3.8, 4) is 0 Å². The van der Waals surface area contributed by atoms with Crippen LogP contribution in [0.4, 0.5) is 0 Å². The fraction of sp³-hybridized carbons (Fsp3) is 0.421. The van der Waals surface area contributed by atoms with Crippen LogP contribution in [0.25, 0.3) is 0 Å². The molecule has 2 heterocycles. The summed E-state index contributed by atoms with van der Waals surface area (Å²) in [4.78, 5) is 29.4. The van der Waals surface area contributed by atoms with E-state index in [0.29, 0.717) is 17.0 Å². The molecule has 0 saturated carbocycles. The summed E-state index contributed by atoms with van der Waals surface area (Å²) in [5.74, 6) is 0.326. The van der Waals surface area contributed by atoms with Crippen LogP contribution in [-0.2, 0) is 22.7 Å². The summed E-state index contributed by atoms with van der Waals surface area (Å²) in [6.45, 7) is 0. The van der Waals surface area contributed by atoms with Crippen LogP contribution in [0.1, 0.15) is 40.5 Å². The van der Waals surface area contributed by atoms with Crippen molar-refractivity contribution >= 4 is 43.3 Å². The van der Waals surface area contributed by atoms with Gasteiger partial charge < -0.3 is 0 Å². The van der Waals surface area contributed by atoms with Crippen molar-refractivity contribution in [1.82, 2.24) is 9.55 Å². The van der Waals surface area contributed by atoms with Crippen LogP contribution in [0.2, 0.25) is 0 Å². The quantitative estimate of drug-likeness (QED) is 0.370. The number of rotatable bonds is 5. The molecule has 0 unspecified atom stereocenters. The van der Waals surface area contributed by atoms with Gasteiger partial charge in [-0.15, -0.1) is 0 Å². The molecule has 6 nitrogen and oxygen atoms in total. The predicted molar refractivity (Wildman–Crippen MR) is 112 cm³/mol. The topological polar surface area (TPSA) is 86.1 Å². The highest BCUT2D eigenvalue weighted by Crippen LogP contribution is 2.33. The van der Waals surface area contributed by atoms with Gasteiger partial charge in [-0.05, 0) is 37.8 Å². The third kappa shape index (κ3) is 3.97. The molecule has 148 valence electrons. The molecular formula is C19H19BrN2O4S2. The van der Waals surface area contributed by atoms with Crippen LogP contribution in [0.15, 0.2) is 38.6 Å². The van der Waals surface area contributed by atoms with Crippen molar-refractivity contribution in [3.05, 3.63) is 56.0 Å². The van der Waals surface area contributed by atoms with Gasteiger partial charge in [0.1, 0.15) is 5.03 Å². The first-order valence-electron chi connectivity index (χ1n) is 9.10. The second kappa shape index (κ2) is 7.76. The third-order valence-corrected chi connectivity index (χ3v) is 8.52. The van der Waals surface area contributed by atoms with Crippen LogP contribution >= 0.6 is 27.7 Å². The fourth-order valence-corrected chi connectivity index (χ4v) is 6.81. The zero-order chi connectivity index (χ0) is 19.9. The second-order valence-corrected chi connectivity index (χ2v) is 11.2. The molecule has 2 aliphatic rings. The molecule has 1 atom stereocenters. The Morgan fingerprint density at radius 1 is 1.25 bits per heavy atom. The molecule has 1 aliphatic carbocycles. The van der Waals surface area contributed by atoms with Crippen LogP contribution in [-0.4, -0.2) is 41.0 Å². The Balaban J connectivity index is 1.58. The molecule has 0 N–H and O–H groups in total. The Hall–Kier alpha value is -1.45. The highest BCUT2D eigenvalue weighted by atomic mass is 79.9. The largest absolute Gasteiger partial charge is 0.349 e. The minimum absolute atomic E-state index is 0.00949. The summed E-state index contributed by atoms with van der Waals surface area (Å²) in [5, 5.41) is 0.611. The van der Waals surface area contributed by atoms with Crippen molar-refractivity contribution in [3.63, 3.8) is 0 Å². The maximum absolute atomic E-state index is 12.7. The molecule has 0 amide bonds. The van der Waals surface area contributed by atoms with Gasteiger partial charge in [-0.3, -0.25) is 9.36 Å². The minimum Gasteiger partial charge on any atom is -0.293 e. The molecule has 1 fully saturated rings. The monoisotopic (exact) mass is 482 g/mol. The number of carbonyl (C=O) groups is 1. The normalized spacial score (nSPS) is 20.2. The molecule has 4 rings (SSSR count). The van der Waals surface area contributed by atoms with Crippen molar-refractivity contribution in [2.24, 2.45) is 0 Å². The van der Waals surface area contributed by atoms with E-state index in [1.165, 1.54) is 11.8 Å². The Bertz CT molecular complexity index is 1090.